The average Bonchev–Trinajstić information content (AvgIpc) is 2.70. The molecule has 2 N–H and O–H groups in total. The van der Waals surface area contributed by atoms with E-state index in [0.29, 0.717) is 6.04 Å². The predicted molar refractivity (Wildman–Crippen MR) is 104 cm³/mol. The van der Waals surface area contributed by atoms with Crippen LogP contribution < -0.4 is 10.6 Å². The van der Waals surface area contributed by atoms with Crippen molar-refractivity contribution >= 4 is 41.3 Å². The highest BCUT2D eigenvalue weighted by atomic mass is 127. The summed E-state index contributed by atoms with van der Waals surface area (Å²) in [4.78, 5) is 10.0. The minimum atomic E-state index is 0. The molecule has 1 rings (SSSR count). The van der Waals surface area contributed by atoms with E-state index in [2.05, 4.69) is 48.3 Å². The van der Waals surface area contributed by atoms with Crippen LogP contribution in [-0.4, -0.2) is 24.0 Å². The van der Waals surface area contributed by atoms with E-state index >= 15 is 0 Å². The Morgan fingerprint density at radius 2 is 1.90 bits per heavy atom. The second-order valence-corrected chi connectivity index (χ2v) is 6.97. The summed E-state index contributed by atoms with van der Waals surface area (Å²) in [5.41, 5.74) is 1.11. The smallest absolute Gasteiger partial charge is 0.191 e. The summed E-state index contributed by atoms with van der Waals surface area (Å²) in [7, 11) is 1.81. The van der Waals surface area contributed by atoms with Crippen LogP contribution in [0.5, 0.6) is 0 Å². The highest BCUT2D eigenvalue weighted by Crippen LogP contribution is 2.16. The van der Waals surface area contributed by atoms with Crippen LogP contribution in [0.1, 0.15) is 49.2 Å². The normalized spacial score (nSPS) is 13.0. The minimum Gasteiger partial charge on any atom is -0.354 e. The van der Waals surface area contributed by atoms with Crippen LogP contribution in [0, 0.1) is 19.8 Å². The molecule has 0 bridgehead atoms. The molecular formula is C15H29IN4S. The minimum absolute atomic E-state index is 0. The monoisotopic (exact) mass is 424 g/mol. The molecule has 0 aromatic carbocycles. The zero-order chi connectivity index (χ0) is 15.1. The molecule has 1 heterocycles. The maximum atomic E-state index is 4.44. The van der Waals surface area contributed by atoms with Crippen molar-refractivity contribution in [1.82, 2.24) is 15.6 Å². The first-order valence-electron chi connectivity index (χ1n) is 7.32. The van der Waals surface area contributed by atoms with E-state index in [-0.39, 0.29) is 24.0 Å². The summed E-state index contributed by atoms with van der Waals surface area (Å²) in [6, 6.07) is 0.438. The first-order valence-corrected chi connectivity index (χ1v) is 8.14. The fraction of sp³-hybridized carbons (Fsp3) is 0.733. The number of aromatic nitrogens is 1. The number of aryl methyl sites for hydroxylation is 2. The zero-order valence-electron chi connectivity index (χ0n) is 14.0. The molecule has 1 aromatic heterocycles. The van der Waals surface area contributed by atoms with Crippen LogP contribution in [0.3, 0.4) is 0 Å². The first-order chi connectivity index (χ1) is 9.42. The van der Waals surface area contributed by atoms with Gasteiger partial charge >= 0.3 is 0 Å². The van der Waals surface area contributed by atoms with Crippen molar-refractivity contribution < 1.29 is 0 Å². The van der Waals surface area contributed by atoms with Gasteiger partial charge in [0.2, 0.25) is 0 Å². The Morgan fingerprint density at radius 1 is 1.24 bits per heavy atom. The van der Waals surface area contributed by atoms with E-state index in [1.165, 1.54) is 11.3 Å². The van der Waals surface area contributed by atoms with Gasteiger partial charge in [0.15, 0.2) is 5.96 Å². The van der Waals surface area contributed by atoms with E-state index in [1.807, 2.05) is 14.0 Å². The highest BCUT2D eigenvalue weighted by molar-refractivity contribution is 14.0. The number of thiazole rings is 1. The summed E-state index contributed by atoms with van der Waals surface area (Å²) in [6.45, 7) is 11.6. The Morgan fingerprint density at radius 3 is 2.38 bits per heavy atom. The van der Waals surface area contributed by atoms with Crippen molar-refractivity contribution in [3.05, 3.63) is 15.6 Å². The Kier molecular flexibility index (Phi) is 10.2. The van der Waals surface area contributed by atoms with Crippen molar-refractivity contribution in [3.63, 3.8) is 0 Å². The summed E-state index contributed by atoms with van der Waals surface area (Å²) in [5, 5.41) is 7.93. The van der Waals surface area contributed by atoms with Crippen LogP contribution >= 0.6 is 35.3 Å². The number of guanidine groups is 1. The fourth-order valence-corrected chi connectivity index (χ4v) is 2.86. The lowest BCUT2D eigenvalue weighted by Gasteiger charge is -2.18. The number of nitrogens with one attached hydrogen (secondary N) is 2. The Labute approximate surface area is 150 Å². The standard InChI is InChI=1S/C15H28N4S.HI/c1-10(2)7-8-11(3)18-15(16-6)17-9-14-12(4)19-13(5)20-14;/h10-11H,7-9H2,1-6H3,(H2,16,17,18);1H. The summed E-state index contributed by atoms with van der Waals surface area (Å²) in [6.07, 6.45) is 2.40. The molecule has 0 fully saturated rings. The average molecular weight is 424 g/mol. The fourth-order valence-electron chi connectivity index (χ4n) is 1.99. The van der Waals surface area contributed by atoms with Gasteiger partial charge in [0, 0.05) is 18.0 Å². The molecule has 0 radical (unpaired) electrons. The van der Waals surface area contributed by atoms with Crippen molar-refractivity contribution in [2.45, 2.75) is 60.0 Å². The van der Waals surface area contributed by atoms with Crippen molar-refractivity contribution in [2.75, 3.05) is 7.05 Å². The molecule has 0 aliphatic carbocycles. The second-order valence-electron chi connectivity index (χ2n) is 5.68. The molecule has 6 heteroatoms. The molecule has 0 aliphatic rings. The maximum Gasteiger partial charge on any atom is 0.191 e. The van der Waals surface area contributed by atoms with Crippen LogP contribution in [0.25, 0.3) is 0 Å². The number of hydrogen-bond donors (Lipinski definition) is 2. The molecule has 4 nitrogen and oxygen atoms in total. The number of aliphatic imine (C=N–C) groups is 1. The van der Waals surface area contributed by atoms with Crippen LogP contribution in [0.4, 0.5) is 0 Å². The summed E-state index contributed by atoms with van der Waals surface area (Å²) in [5.74, 6) is 1.61. The molecule has 1 unspecified atom stereocenters. The molecule has 0 amide bonds. The van der Waals surface area contributed by atoms with Crippen molar-refractivity contribution in [3.8, 4) is 0 Å². The molecule has 0 saturated carbocycles. The number of rotatable bonds is 6. The van der Waals surface area contributed by atoms with Crippen LogP contribution in [0.15, 0.2) is 4.99 Å². The van der Waals surface area contributed by atoms with E-state index in [9.17, 15) is 0 Å². The molecule has 0 aliphatic heterocycles. The van der Waals surface area contributed by atoms with Crippen molar-refractivity contribution in [2.24, 2.45) is 10.9 Å². The predicted octanol–water partition coefficient (Wildman–Crippen LogP) is 3.87. The Bertz CT molecular complexity index is 443. The van der Waals surface area contributed by atoms with Gasteiger partial charge in [-0.3, -0.25) is 4.99 Å². The topological polar surface area (TPSA) is 49.3 Å². The molecule has 0 saturated heterocycles. The Balaban J connectivity index is 0.00000400. The third-order valence-electron chi connectivity index (χ3n) is 3.20. The lowest BCUT2D eigenvalue weighted by Crippen LogP contribution is -2.41. The second kappa shape index (κ2) is 10.4. The van der Waals surface area contributed by atoms with Gasteiger partial charge in [-0.2, -0.15) is 0 Å². The lowest BCUT2D eigenvalue weighted by molar-refractivity contribution is 0.489. The van der Waals surface area contributed by atoms with Gasteiger partial charge in [-0.05, 0) is 39.5 Å². The van der Waals surface area contributed by atoms with Gasteiger partial charge in [0.1, 0.15) is 0 Å². The van der Waals surface area contributed by atoms with E-state index < -0.39 is 0 Å². The number of hydrogen-bond acceptors (Lipinski definition) is 3. The van der Waals surface area contributed by atoms with Crippen molar-refractivity contribution in [1.29, 1.82) is 0 Å². The van der Waals surface area contributed by atoms with Gasteiger partial charge in [0.25, 0.3) is 0 Å². The highest BCUT2D eigenvalue weighted by Gasteiger charge is 2.08. The number of halogens is 1. The lowest BCUT2D eigenvalue weighted by atomic mass is 10.0. The quantitative estimate of drug-likeness (QED) is 0.414. The third-order valence-corrected chi connectivity index (χ3v) is 4.27. The number of nitrogens with zero attached hydrogens (tertiary/aromatic N) is 2. The van der Waals surface area contributed by atoms with E-state index in [0.717, 1.165) is 35.5 Å². The molecular weight excluding hydrogens is 395 g/mol. The van der Waals surface area contributed by atoms with E-state index in [4.69, 9.17) is 0 Å². The summed E-state index contributed by atoms with van der Waals surface area (Å²) >= 11 is 1.74. The first kappa shape index (κ1) is 20.6. The molecule has 122 valence electrons. The molecule has 0 spiro atoms. The summed E-state index contributed by atoms with van der Waals surface area (Å²) < 4.78 is 0. The van der Waals surface area contributed by atoms with Crippen LogP contribution in [-0.2, 0) is 6.54 Å². The van der Waals surface area contributed by atoms with Gasteiger partial charge in [-0.1, -0.05) is 13.8 Å². The van der Waals surface area contributed by atoms with Gasteiger partial charge in [-0.25, -0.2) is 4.98 Å². The van der Waals surface area contributed by atoms with Gasteiger partial charge in [-0.15, -0.1) is 35.3 Å². The molecule has 1 aromatic rings. The van der Waals surface area contributed by atoms with Gasteiger partial charge in [0.05, 0.1) is 17.2 Å². The maximum absolute atomic E-state index is 4.44. The largest absolute Gasteiger partial charge is 0.354 e. The van der Waals surface area contributed by atoms with Crippen LogP contribution in [0.2, 0.25) is 0 Å². The third kappa shape index (κ3) is 7.99. The zero-order valence-corrected chi connectivity index (χ0v) is 17.1. The van der Waals surface area contributed by atoms with E-state index in [1.54, 1.807) is 11.3 Å². The van der Waals surface area contributed by atoms with Gasteiger partial charge < -0.3 is 10.6 Å². The molecule has 21 heavy (non-hydrogen) atoms. The SMILES string of the molecule is CN=C(NCc1sc(C)nc1C)NC(C)CCC(C)C.I. The molecule has 1 atom stereocenters. The Hall–Kier alpha value is -0.370.